The number of amides is 1. The predicted molar refractivity (Wildman–Crippen MR) is 66.7 cm³/mol. The molecule has 0 unspecified atom stereocenters. The number of aromatic carboxylic acids is 1. The van der Waals surface area contributed by atoms with Crippen LogP contribution in [0.4, 0.5) is 11.4 Å². The molecule has 8 nitrogen and oxygen atoms in total. The Kier molecular flexibility index (Phi) is 3.47. The van der Waals surface area contributed by atoms with Gasteiger partial charge in [0.25, 0.3) is 11.6 Å². The monoisotopic (exact) mass is 276 g/mol. The van der Waals surface area contributed by atoms with E-state index in [1.165, 1.54) is 18.4 Å². The number of carbonyl (C=O) groups excluding carboxylic acids is 1. The van der Waals surface area contributed by atoms with E-state index in [1.54, 1.807) is 0 Å². The number of furan rings is 1. The zero-order chi connectivity index (χ0) is 14.7. The van der Waals surface area contributed by atoms with Crippen molar-refractivity contribution in [2.24, 2.45) is 0 Å². The van der Waals surface area contributed by atoms with E-state index < -0.39 is 16.8 Å². The van der Waals surface area contributed by atoms with E-state index in [1.807, 2.05) is 0 Å². The lowest BCUT2D eigenvalue weighted by atomic mass is 10.1. The van der Waals surface area contributed by atoms with Gasteiger partial charge in [-0.1, -0.05) is 0 Å². The highest BCUT2D eigenvalue weighted by atomic mass is 16.6. The number of anilines is 1. The number of nitro groups is 1. The average Bonchev–Trinajstić information content (AvgIpc) is 2.92. The van der Waals surface area contributed by atoms with Crippen molar-refractivity contribution in [2.75, 3.05) is 5.32 Å². The second-order valence-corrected chi connectivity index (χ2v) is 3.72. The molecule has 0 bridgehead atoms. The zero-order valence-corrected chi connectivity index (χ0v) is 9.90. The number of rotatable bonds is 4. The molecular formula is C12H8N2O6. The summed E-state index contributed by atoms with van der Waals surface area (Å²) in [6.45, 7) is 0. The van der Waals surface area contributed by atoms with Gasteiger partial charge in [-0.3, -0.25) is 14.9 Å². The number of carboxylic acids is 1. The van der Waals surface area contributed by atoms with Gasteiger partial charge in [0.15, 0.2) is 5.76 Å². The quantitative estimate of drug-likeness (QED) is 0.651. The molecule has 1 aromatic carbocycles. The molecule has 0 saturated heterocycles. The summed E-state index contributed by atoms with van der Waals surface area (Å²) >= 11 is 0. The highest BCUT2D eigenvalue weighted by molar-refractivity contribution is 6.06. The fourth-order valence-electron chi connectivity index (χ4n) is 1.53. The lowest BCUT2D eigenvalue weighted by molar-refractivity contribution is -0.384. The molecule has 0 aliphatic carbocycles. The topological polar surface area (TPSA) is 123 Å². The van der Waals surface area contributed by atoms with E-state index in [4.69, 9.17) is 9.52 Å². The molecule has 0 saturated carbocycles. The van der Waals surface area contributed by atoms with Crippen LogP contribution in [0.1, 0.15) is 20.9 Å². The Morgan fingerprint density at radius 2 is 2.05 bits per heavy atom. The van der Waals surface area contributed by atoms with Gasteiger partial charge in [-0.25, -0.2) is 4.79 Å². The number of benzene rings is 1. The molecule has 1 aromatic heterocycles. The number of hydrogen-bond donors (Lipinski definition) is 2. The van der Waals surface area contributed by atoms with Crippen molar-refractivity contribution in [3.8, 4) is 0 Å². The lowest BCUT2D eigenvalue weighted by Crippen LogP contribution is -2.14. The first-order valence-corrected chi connectivity index (χ1v) is 5.35. The molecule has 0 fully saturated rings. The van der Waals surface area contributed by atoms with Gasteiger partial charge in [-0.05, 0) is 18.2 Å². The predicted octanol–water partition coefficient (Wildman–Crippen LogP) is 2.14. The summed E-state index contributed by atoms with van der Waals surface area (Å²) in [6.07, 6.45) is 1.28. The third kappa shape index (κ3) is 2.64. The number of nitrogens with zero attached hydrogens (tertiary/aromatic N) is 1. The minimum absolute atomic E-state index is 0.0344. The fourth-order valence-corrected chi connectivity index (χ4v) is 1.53. The molecule has 8 heteroatoms. The first kappa shape index (κ1) is 13.3. The van der Waals surface area contributed by atoms with Crippen molar-refractivity contribution >= 4 is 23.3 Å². The largest absolute Gasteiger partial charge is 0.478 e. The Balaban J connectivity index is 2.37. The fraction of sp³-hybridized carbons (Fsp3) is 0. The van der Waals surface area contributed by atoms with Gasteiger partial charge in [0, 0.05) is 12.1 Å². The molecule has 0 radical (unpaired) electrons. The first-order valence-electron chi connectivity index (χ1n) is 5.35. The van der Waals surface area contributed by atoms with Crippen LogP contribution < -0.4 is 5.32 Å². The normalized spacial score (nSPS) is 10.0. The number of hydrogen-bond acceptors (Lipinski definition) is 5. The summed E-state index contributed by atoms with van der Waals surface area (Å²) in [5, 5.41) is 21.9. The Morgan fingerprint density at radius 1 is 1.30 bits per heavy atom. The maximum atomic E-state index is 11.8. The Morgan fingerprint density at radius 3 is 2.60 bits per heavy atom. The zero-order valence-electron chi connectivity index (χ0n) is 9.90. The van der Waals surface area contributed by atoms with Crippen molar-refractivity contribution in [3.63, 3.8) is 0 Å². The van der Waals surface area contributed by atoms with Crippen LogP contribution in [-0.4, -0.2) is 21.9 Å². The Bertz CT molecular complexity index is 677. The number of nitro benzene ring substituents is 1. The summed E-state index contributed by atoms with van der Waals surface area (Å²) in [5.74, 6) is -2.04. The van der Waals surface area contributed by atoms with Gasteiger partial charge in [-0.15, -0.1) is 0 Å². The van der Waals surface area contributed by atoms with Crippen LogP contribution in [0.15, 0.2) is 41.0 Å². The summed E-state index contributed by atoms with van der Waals surface area (Å²) in [6, 6.07) is 5.95. The van der Waals surface area contributed by atoms with E-state index in [0.717, 1.165) is 18.2 Å². The van der Waals surface area contributed by atoms with Gasteiger partial charge in [0.1, 0.15) is 0 Å². The molecule has 20 heavy (non-hydrogen) atoms. The lowest BCUT2D eigenvalue weighted by Gasteiger charge is -2.06. The number of carboxylic acid groups (broad SMARTS) is 1. The van der Waals surface area contributed by atoms with Crippen LogP contribution >= 0.6 is 0 Å². The van der Waals surface area contributed by atoms with E-state index in [-0.39, 0.29) is 22.7 Å². The molecule has 0 spiro atoms. The number of nitrogens with one attached hydrogen (secondary N) is 1. The van der Waals surface area contributed by atoms with Crippen molar-refractivity contribution in [3.05, 3.63) is 58.0 Å². The van der Waals surface area contributed by atoms with Gasteiger partial charge < -0.3 is 14.8 Å². The Hall–Kier alpha value is -3.16. The Labute approximate surface area is 111 Å². The summed E-state index contributed by atoms with van der Waals surface area (Å²) in [5.41, 5.74) is -0.756. The van der Waals surface area contributed by atoms with Crippen LogP contribution in [0.25, 0.3) is 0 Å². The smallest absolute Gasteiger partial charge is 0.337 e. The molecule has 0 aliphatic rings. The van der Waals surface area contributed by atoms with Crippen LogP contribution in [0, 0.1) is 10.1 Å². The van der Waals surface area contributed by atoms with Crippen LogP contribution in [-0.2, 0) is 0 Å². The molecule has 0 atom stereocenters. The van der Waals surface area contributed by atoms with Gasteiger partial charge in [0.05, 0.1) is 22.4 Å². The van der Waals surface area contributed by atoms with Crippen LogP contribution in [0.5, 0.6) is 0 Å². The van der Waals surface area contributed by atoms with E-state index in [9.17, 15) is 19.7 Å². The van der Waals surface area contributed by atoms with Crippen molar-refractivity contribution in [1.82, 2.24) is 0 Å². The number of non-ortho nitro benzene ring substituents is 1. The van der Waals surface area contributed by atoms with Gasteiger partial charge in [0.2, 0.25) is 0 Å². The molecule has 102 valence electrons. The maximum Gasteiger partial charge on any atom is 0.337 e. The van der Waals surface area contributed by atoms with Gasteiger partial charge in [-0.2, -0.15) is 0 Å². The molecule has 2 rings (SSSR count). The first-order chi connectivity index (χ1) is 9.49. The highest BCUT2D eigenvalue weighted by Crippen LogP contribution is 2.23. The minimum atomic E-state index is -1.31. The molecule has 0 aliphatic heterocycles. The average molecular weight is 276 g/mol. The maximum absolute atomic E-state index is 11.8. The van der Waals surface area contributed by atoms with E-state index in [0.29, 0.717) is 0 Å². The molecule has 1 heterocycles. The van der Waals surface area contributed by atoms with Crippen LogP contribution in [0.3, 0.4) is 0 Å². The van der Waals surface area contributed by atoms with E-state index in [2.05, 4.69) is 5.32 Å². The molecule has 2 aromatic rings. The summed E-state index contributed by atoms with van der Waals surface area (Å²) in [4.78, 5) is 32.8. The number of carbonyl (C=O) groups is 2. The third-order valence-corrected chi connectivity index (χ3v) is 2.44. The summed E-state index contributed by atoms with van der Waals surface area (Å²) < 4.78 is 4.85. The summed E-state index contributed by atoms with van der Waals surface area (Å²) in [7, 11) is 0. The third-order valence-electron chi connectivity index (χ3n) is 2.44. The minimum Gasteiger partial charge on any atom is -0.478 e. The highest BCUT2D eigenvalue weighted by Gasteiger charge is 2.18. The van der Waals surface area contributed by atoms with Crippen molar-refractivity contribution in [2.45, 2.75) is 0 Å². The van der Waals surface area contributed by atoms with Crippen molar-refractivity contribution in [1.29, 1.82) is 0 Å². The molecule has 1 amide bonds. The standard InChI is InChI=1S/C12H8N2O6/c15-11(10-2-1-5-20-10)13-9-6-7(14(18)19)3-4-8(9)12(16)17/h1-6H,(H,13,15)(H,16,17). The second-order valence-electron chi connectivity index (χ2n) is 3.72. The molecular weight excluding hydrogens is 268 g/mol. The second kappa shape index (κ2) is 5.22. The SMILES string of the molecule is O=C(Nc1cc([N+](=O)[O-])ccc1C(=O)O)c1ccco1. The van der Waals surface area contributed by atoms with Gasteiger partial charge >= 0.3 is 5.97 Å². The van der Waals surface area contributed by atoms with Crippen molar-refractivity contribution < 1.29 is 24.0 Å². The molecule has 2 N–H and O–H groups in total. The van der Waals surface area contributed by atoms with Crippen LogP contribution in [0.2, 0.25) is 0 Å². The van der Waals surface area contributed by atoms with E-state index >= 15 is 0 Å².